The van der Waals surface area contributed by atoms with Crippen molar-refractivity contribution in [3.63, 3.8) is 0 Å². The first-order valence-electron chi connectivity index (χ1n) is 15.2. The molecule has 258 valence electrons. The first-order chi connectivity index (χ1) is 22.7. The van der Waals surface area contributed by atoms with Gasteiger partial charge in [0.2, 0.25) is 10.0 Å². The minimum Gasteiger partial charge on any atom is -0.481 e. The molecule has 0 aromatic heterocycles. The number of nitrogen functional groups attached to an aromatic ring is 1. The zero-order valence-corrected chi connectivity index (χ0v) is 27.9. The average Bonchev–Trinajstić information content (AvgIpc) is 3.01. The van der Waals surface area contributed by atoms with Gasteiger partial charge in [0.05, 0.1) is 16.6 Å². The number of hydrogen-bond acceptors (Lipinski definition) is 10. The van der Waals surface area contributed by atoms with E-state index in [1.807, 2.05) is 7.05 Å². The van der Waals surface area contributed by atoms with Gasteiger partial charge in [0.25, 0.3) is 10.1 Å². The second kappa shape index (κ2) is 15.3. The van der Waals surface area contributed by atoms with E-state index < -0.39 is 53.0 Å². The standard InChI is InChI=1S/C32H38N4O10S2/c1-35-17-7-3-9-19-36(18-8-2-4-12-26(37)38)47(41,42)30-24(33)15-13-22-27(20-10-5-6-11-21(20)32(39)40)23-14-16-25(34)31(48(43,44)45)29(23)46-28(22)30/h5-6,10-11,13-16,34-35H,2-4,7-9,12,17-19,33H2,1H3,(H,37,38)(H,39,40)(H,43,44,45). The molecule has 0 spiro atoms. The van der Waals surface area contributed by atoms with E-state index in [2.05, 4.69) is 5.32 Å². The van der Waals surface area contributed by atoms with Gasteiger partial charge in [-0.1, -0.05) is 31.0 Å². The smallest absolute Gasteiger partial charge is 0.336 e. The van der Waals surface area contributed by atoms with Crippen molar-refractivity contribution in [3.05, 3.63) is 59.5 Å². The van der Waals surface area contributed by atoms with Crippen LogP contribution in [-0.4, -0.2) is 74.5 Å². The molecule has 0 saturated heterocycles. The van der Waals surface area contributed by atoms with Crippen LogP contribution in [-0.2, 0) is 24.9 Å². The van der Waals surface area contributed by atoms with E-state index >= 15 is 0 Å². The van der Waals surface area contributed by atoms with Crippen LogP contribution in [0.1, 0.15) is 55.3 Å². The van der Waals surface area contributed by atoms with E-state index in [-0.39, 0.29) is 58.4 Å². The fourth-order valence-corrected chi connectivity index (χ4v) is 8.15. The van der Waals surface area contributed by atoms with Crippen molar-refractivity contribution in [1.29, 1.82) is 5.41 Å². The number of anilines is 1. The largest absolute Gasteiger partial charge is 0.481 e. The second-order valence-electron chi connectivity index (χ2n) is 11.3. The average molecular weight is 703 g/mol. The summed E-state index contributed by atoms with van der Waals surface area (Å²) in [7, 11) is -7.80. The summed E-state index contributed by atoms with van der Waals surface area (Å²) in [5.74, 6) is -2.82. The van der Waals surface area contributed by atoms with Crippen LogP contribution in [0.2, 0.25) is 0 Å². The fraction of sp³-hybridized carbons (Fsp3) is 0.344. The Labute approximate surface area is 277 Å². The van der Waals surface area contributed by atoms with E-state index in [1.54, 1.807) is 6.07 Å². The van der Waals surface area contributed by atoms with Crippen LogP contribution in [0.3, 0.4) is 0 Å². The number of nitrogens with one attached hydrogen (secondary N) is 2. The lowest BCUT2D eigenvalue weighted by Gasteiger charge is -2.25. The summed E-state index contributed by atoms with van der Waals surface area (Å²) in [6.07, 6.45) is 3.06. The number of hydrogen-bond donors (Lipinski definition) is 6. The molecule has 1 heterocycles. The maximum Gasteiger partial charge on any atom is 0.336 e. The molecule has 0 amide bonds. The van der Waals surface area contributed by atoms with Gasteiger partial charge in [-0.05, 0) is 75.2 Å². The van der Waals surface area contributed by atoms with Crippen molar-refractivity contribution in [1.82, 2.24) is 9.62 Å². The molecule has 7 N–H and O–H groups in total. The quantitative estimate of drug-likeness (QED) is 0.0392. The van der Waals surface area contributed by atoms with Crippen molar-refractivity contribution >= 4 is 48.7 Å². The molecule has 14 nitrogen and oxygen atoms in total. The van der Waals surface area contributed by atoms with Crippen LogP contribution in [0.15, 0.2) is 62.7 Å². The van der Waals surface area contributed by atoms with Gasteiger partial charge in [-0.2, -0.15) is 12.7 Å². The summed E-state index contributed by atoms with van der Waals surface area (Å²) in [5, 5.41) is 29.8. The molecule has 0 atom stereocenters. The first kappa shape index (κ1) is 36.5. The Morgan fingerprint density at radius 2 is 1.54 bits per heavy atom. The lowest BCUT2D eigenvalue weighted by molar-refractivity contribution is -0.137. The van der Waals surface area contributed by atoms with Crippen LogP contribution in [0, 0.1) is 5.41 Å². The number of fused-ring (bicyclic) bond motifs is 2. The van der Waals surface area contributed by atoms with Crippen molar-refractivity contribution in [3.8, 4) is 22.5 Å². The van der Waals surface area contributed by atoms with Crippen LogP contribution >= 0.6 is 0 Å². The minimum absolute atomic E-state index is 0.00719. The highest BCUT2D eigenvalue weighted by Gasteiger charge is 2.34. The molecular weight excluding hydrogens is 665 g/mol. The summed E-state index contributed by atoms with van der Waals surface area (Å²) in [6.45, 7) is 0.855. The second-order valence-corrected chi connectivity index (χ2v) is 14.5. The van der Waals surface area contributed by atoms with Crippen molar-refractivity contribution in [2.24, 2.45) is 0 Å². The maximum atomic E-state index is 14.5. The predicted molar refractivity (Wildman–Crippen MR) is 178 cm³/mol. The van der Waals surface area contributed by atoms with Gasteiger partial charge in [-0.3, -0.25) is 14.8 Å². The molecule has 2 aliphatic rings. The van der Waals surface area contributed by atoms with E-state index in [0.29, 0.717) is 32.1 Å². The third kappa shape index (κ3) is 7.85. The first-order valence-corrected chi connectivity index (χ1v) is 18.1. The molecule has 1 aliphatic carbocycles. The zero-order chi connectivity index (χ0) is 35.2. The lowest BCUT2D eigenvalue weighted by Crippen LogP contribution is -2.34. The highest BCUT2D eigenvalue weighted by molar-refractivity contribution is 7.89. The normalized spacial score (nSPS) is 12.2. The number of sulfonamides is 1. The predicted octanol–water partition coefficient (Wildman–Crippen LogP) is 4.24. The Morgan fingerprint density at radius 1 is 0.875 bits per heavy atom. The molecule has 0 fully saturated rings. The molecule has 0 unspecified atom stereocenters. The lowest BCUT2D eigenvalue weighted by atomic mass is 9.90. The monoisotopic (exact) mass is 702 g/mol. The van der Waals surface area contributed by atoms with Crippen molar-refractivity contribution < 1.29 is 45.6 Å². The Balaban J connectivity index is 2.03. The van der Waals surface area contributed by atoms with Gasteiger partial charge in [-0.15, -0.1) is 0 Å². The van der Waals surface area contributed by atoms with Gasteiger partial charge in [0, 0.05) is 36.0 Å². The van der Waals surface area contributed by atoms with E-state index in [9.17, 15) is 36.1 Å². The number of carboxylic acid groups (broad SMARTS) is 2. The van der Waals surface area contributed by atoms with Gasteiger partial charge in [0.1, 0.15) is 4.90 Å². The van der Waals surface area contributed by atoms with Crippen molar-refractivity contribution in [2.45, 2.75) is 54.7 Å². The molecule has 0 radical (unpaired) electrons. The summed E-state index contributed by atoms with van der Waals surface area (Å²) in [5.41, 5.74) is 5.74. The van der Waals surface area contributed by atoms with Crippen LogP contribution in [0.4, 0.5) is 5.69 Å². The molecule has 0 bridgehead atoms. The summed E-state index contributed by atoms with van der Waals surface area (Å²) in [4.78, 5) is 21.9. The topological polar surface area (TPSA) is 241 Å². The molecule has 0 saturated carbocycles. The number of aromatic carboxylic acids is 1. The van der Waals surface area contributed by atoms with Gasteiger partial charge in [-0.25, -0.2) is 13.2 Å². The molecule has 4 rings (SSSR count). The molecule has 2 aromatic carbocycles. The van der Waals surface area contributed by atoms with E-state index in [4.69, 9.17) is 20.7 Å². The summed E-state index contributed by atoms with van der Waals surface area (Å²) >= 11 is 0. The Morgan fingerprint density at radius 3 is 2.17 bits per heavy atom. The van der Waals surface area contributed by atoms with Gasteiger partial charge in [0.15, 0.2) is 16.2 Å². The molecule has 2 aromatic rings. The molecule has 1 aliphatic heterocycles. The SMILES string of the molecule is CNCCCCCN(CCCCCC(=O)O)S(=O)(=O)c1c(N)ccc2c(-c3ccccc3C(=O)O)c3ccc(=N)c(S(=O)(=O)O)c-3oc12. The number of carboxylic acids is 2. The van der Waals surface area contributed by atoms with Crippen molar-refractivity contribution in [2.75, 3.05) is 32.4 Å². The molecule has 48 heavy (non-hydrogen) atoms. The number of rotatable bonds is 17. The van der Waals surface area contributed by atoms with E-state index in [0.717, 1.165) is 19.0 Å². The highest BCUT2D eigenvalue weighted by Crippen LogP contribution is 2.46. The Bertz CT molecular complexity index is 2080. The number of carbonyl (C=O) groups is 2. The maximum absolute atomic E-state index is 14.5. The number of nitrogens with two attached hydrogens (primary N) is 1. The third-order valence-electron chi connectivity index (χ3n) is 7.91. The number of aliphatic carboxylic acids is 1. The third-order valence-corrected chi connectivity index (χ3v) is 10.8. The zero-order valence-electron chi connectivity index (χ0n) is 26.2. The fourth-order valence-electron chi connectivity index (χ4n) is 5.67. The van der Waals surface area contributed by atoms with Gasteiger partial charge < -0.3 is 25.7 Å². The number of nitrogens with zero attached hydrogens (tertiary/aromatic N) is 1. The summed E-state index contributed by atoms with van der Waals surface area (Å²) < 4.78 is 71.7. The Hall–Kier alpha value is -4.35. The molecule has 16 heteroatoms. The summed E-state index contributed by atoms with van der Waals surface area (Å²) in [6, 6.07) is 11.1. The Kier molecular flexibility index (Phi) is 11.6. The highest BCUT2D eigenvalue weighted by atomic mass is 32.2. The van der Waals surface area contributed by atoms with Crippen LogP contribution in [0.5, 0.6) is 0 Å². The van der Waals surface area contributed by atoms with E-state index in [1.165, 1.54) is 40.7 Å². The van der Waals surface area contributed by atoms with Gasteiger partial charge >= 0.3 is 11.9 Å². The molecular formula is C32H38N4O10S2. The number of unbranched alkanes of at least 4 members (excludes halogenated alkanes) is 4. The minimum atomic E-state index is -5.11. The van der Waals surface area contributed by atoms with Crippen LogP contribution in [0.25, 0.3) is 33.4 Å². The van der Waals surface area contributed by atoms with Crippen LogP contribution < -0.4 is 16.4 Å². The number of benzene rings is 3.